The SMILES string of the molecule is Cc1nnc(-c2cc[n+](CCC(=O)O)nc2)s1. The van der Waals surface area contributed by atoms with Crippen LogP contribution in [-0.2, 0) is 11.3 Å². The van der Waals surface area contributed by atoms with E-state index < -0.39 is 5.97 Å². The van der Waals surface area contributed by atoms with Crippen molar-refractivity contribution in [3.05, 3.63) is 23.5 Å². The molecule has 7 heteroatoms. The Morgan fingerprint density at radius 3 is 2.88 bits per heavy atom. The Hall–Kier alpha value is -1.89. The van der Waals surface area contributed by atoms with Crippen LogP contribution in [0.4, 0.5) is 0 Å². The van der Waals surface area contributed by atoms with Gasteiger partial charge in [-0.25, -0.2) is 0 Å². The summed E-state index contributed by atoms with van der Waals surface area (Å²) in [4.78, 5) is 10.4. The van der Waals surface area contributed by atoms with E-state index in [9.17, 15) is 4.79 Å². The summed E-state index contributed by atoms with van der Waals surface area (Å²) >= 11 is 1.50. The van der Waals surface area contributed by atoms with Gasteiger partial charge in [0, 0.05) is 11.6 Å². The first kappa shape index (κ1) is 11.6. The highest BCUT2D eigenvalue weighted by atomic mass is 32.1. The first-order chi connectivity index (χ1) is 8.15. The average Bonchev–Trinajstić information content (AvgIpc) is 2.74. The molecule has 17 heavy (non-hydrogen) atoms. The Balaban J connectivity index is 2.10. The third kappa shape index (κ3) is 3.04. The Bertz CT molecular complexity index is 523. The second kappa shape index (κ2) is 4.96. The number of carboxylic acid groups (broad SMARTS) is 1. The summed E-state index contributed by atoms with van der Waals surface area (Å²) in [6.45, 7) is 2.26. The van der Waals surface area contributed by atoms with Gasteiger partial charge in [0.05, 0.1) is 0 Å². The van der Waals surface area contributed by atoms with Gasteiger partial charge in [0.2, 0.25) is 0 Å². The molecule has 0 fully saturated rings. The minimum atomic E-state index is -0.830. The fraction of sp³-hybridized carbons (Fsp3) is 0.300. The van der Waals surface area contributed by atoms with Crippen molar-refractivity contribution < 1.29 is 14.6 Å². The third-order valence-corrected chi connectivity index (χ3v) is 2.99. The highest BCUT2D eigenvalue weighted by Gasteiger charge is 2.09. The maximum absolute atomic E-state index is 10.4. The van der Waals surface area contributed by atoms with Crippen LogP contribution in [0.15, 0.2) is 18.5 Å². The van der Waals surface area contributed by atoms with E-state index in [0.29, 0.717) is 6.54 Å². The number of hydrogen-bond donors (Lipinski definition) is 1. The lowest BCUT2D eigenvalue weighted by molar-refractivity contribution is -0.752. The Morgan fingerprint density at radius 1 is 1.53 bits per heavy atom. The van der Waals surface area contributed by atoms with Crippen LogP contribution in [0.3, 0.4) is 0 Å². The smallest absolute Gasteiger partial charge is 0.309 e. The molecular weight excluding hydrogens is 240 g/mol. The van der Waals surface area contributed by atoms with Crippen molar-refractivity contribution in [3.8, 4) is 10.6 Å². The van der Waals surface area contributed by atoms with E-state index in [1.165, 1.54) is 11.3 Å². The number of aliphatic carboxylic acids is 1. The molecule has 6 nitrogen and oxygen atoms in total. The van der Waals surface area contributed by atoms with E-state index >= 15 is 0 Å². The van der Waals surface area contributed by atoms with Crippen LogP contribution in [0.1, 0.15) is 11.4 Å². The highest BCUT2D eigenvalue weighted by molar-refractivity contribution is 7.14. The number of aromatic nitrogens is 4. The topological polar surface area (TPSA) is 79.9 Å². The molecule has 0 aromatic carbocycles. The second-order valence-electron chi connectivity index (χ2n) is 3.45. The van der Waals surface area contributed by atoms with Crippen molar-refractivity contribution in [3.63, 3.8) is 0 Å². The highest BCUT2D eigenvalue weighted by Crippen LogP contribution is 2.20. The predicted octanol–water partition coefficient (Wildman–Crippen LogP) is 0.671. The summed E-state index contributed by atoms with van der Waals surface area (Å²) in [5.74, 6) is -0.830. The van der Waals surface area contributed by atoms with Gasteiger partial charge in [0.1, 0.15) is 22.6 Å². The first-order valence-corrected chi connectivity index (χ1v) is 5.85. The van der Waals surface area contributed by atoms with Gasteiger partial charge >= 0.3 is 5.97 Å². The van der Waals surface area contributed by atoms with Gasteiger partial charge in [0.15, 0.2) is 12.7 Å². The molecule has 0 aliphatic carbocycles. The molecule has 0 aliphatic rings. The van der Waals surface area contributed by atoms with Crippen molar-refractivity contribution in [1.29, 1.82) is 0 Å². The molecular formula is C10H11N4O2S+. The monoisotopic (exact) mass is 251 g/mol. The first-order valence-electron chi connectivity index (χ1n) is 5.03. The maximum atomic E-state index is 10.4. The molecule has 88 valence electrons. The van der Waals surface area contributed by atoms with E-state index in [2.05, 4.69) is 15.3 Å². The summed E-state index contributed by atoms with van der Waals surface area (Å²) < 4.78 is 1.59. The van der Waals surface area contributed by atoms with E-state index in [1.54, 1.807) is 17.1 Å². The molecule has 0 atom stereocenters. The third-order valence-electron chi connectivity index (χ3n) is 2.10. The average molecular weight is 251 g/mol. The minimum absolute atomic E-state index is 0.0644. The van der Waals surface area contributed by atoms with Crippen LogP contribution < -0.4 is 4.68 Å². The van der Waals surface area contributed by atoms with Gasteiger partial charge in [-0.15, -0.1) is 10.2 Å². The van der Waals surface area contributed by atoms with E-state index in [1.807, 2.05) is 13.0 Å². The van der Waals surface area contributed by atoms with Gasteiger partial charge < -0.3 is 5.11 Å². The fourth-order valence-electron chi connectivity index (χ4n) is 1.27. The molecule has 2 aromatic heterocycles. The van der Waals surface area contributed by atoms with Crippen molar-refractivity contribution >= 4 is 17.3 Å². The second-order valence-corrected chi connectivity index (χ2v) is 4.63. The summed E-state index contributed by atoms with van der Waals surface area (Å²) in [6, 6.07) is 1.86. The molecule has 0 bridgehead atoms. The van der Waals surface area contributed by atoms with Gasteiger partial charge in [0.25, 0.3) is 0 Å². The zero-order valence-electron chi connectivity index (χ0n) is 9.20. The molecule has 0 unspecified atom stereocenters. The van der Waals surface area contributed by atoms with Crippen LogP contribution >= 0.6 is 11.3 Å². The number of carbonyl (C=O) groups is 1. The van der Waals surface area contributed by atoms with Gasteiger partial charge in [-0.05, 0) is 12.0 Å². The largest absolute Gasteiger partial charge is 0.481 e. The maximum Gasteiger partial charge on any atom is 0.309 e. The van der Waals surface area contributed by atoms with Gasteiger partial charge in [-0.1, -0.05) is 16.0 Å². The normalized spacial score (nSPS) is 10.4. The zero-order valence-corrected chi connectivity index (χ0v) is 10.0. The lowest BCUT2D eigenvalue weighted by atomic mass is 10.3. The zero-order chi connectivity index (χ0) is 12.3. The number of rotatable bonds is 4. The number of hydrogen-bond acceptors (Lipinski definition) is 5. The van der Waals surface area contributed by atoms with Crippen LogP contribution in [-0.4, -0.2) is 26.4 Å². The Morgan fingerprint density at radius 2 is 2.35 bits per heavy atom. The summed E-state index contributed by atoms with van der Waals surface area (Å²) in [6.07, 6.45) is 3.48. The quantitative estimate of drug-likeness (QED) is 0.808. The predicted molar refractivity (Wildman–Crippen MR) is 60.3 cm³/mol. The van der Waals surface area contributed by atoms with Crippen LogP contribution in [0.5, 0.6) is 0 Å². The molecule has 2 rings (SSSR count). The molecule has 0 radical (unpaired) electrons. The van der Waals surface area contributed by atoms with Crippen molar-refractivity contribution in [2.24, 2.45) is 0 Å². The van der Waals surface area contributed by atoms with Crippen molar-refractivity contribution in [2.45, 2.75) is 19.9 Å². The van der Waals surface area contributed by atoms with Crippen LogP contribution in [0.2, 0.25) is 0 Å². The molecule has 0 spiro atoms. The molecule has 0 saturated carbocycles. The van der Waals surface area contributed by atoms with Gasteiger partial charge in [-0.2, -0.15) is 0 Å². The molecule has 1 N–H and O–H groups in total. The molecule has 0 aliphatic heterocycles. The standard InChI is InChI=1S/C10H10N4O2S/c1-7-12-13-10(17-7)8-2-4-14(11-6-8)5-3-9(15)16/h2,4,6H,3,5H2,1H3/p+1. The molecule has 2 heterocycles. The fourth-order valence-corrected chi connectivity index (χ4v) is 1.95. The lowest BCUT2D eigenvalue weighted by Crippen LogP contribution is -2.38. The van der Waals surface area contributed by atoms with Crippen molar-refractivity contribution in [2.75, 3.05) is 0 Å². The summed E-state index contributed by atoms with van der Waals surface area (Å²) in [5.41, 5.74) is 0.891. The van der Waals surface area contributed by atoms with E-state index in [0.717, 1.165) is 15.6 Å². The van der Waals surface area contributed by atoms with Crippen LogP contribution in [0, 0.1) is 6.92 Å². The Labute approximate surface area is 102 Å². The van der Waals surface area contributed by atoms with Crippen LogP contribution in [0.25, 0.3) is 10.6 Å². The minimum Gasteiger partial charge on any atom is -0.481 e. The summed E-state index contributed by atoms with van der Waals surface area (Å²) in [7, 11) is 0. The molecule has 0 saturated heterocycles. The molecule has 0 amide bonds. The number of aryl methyl sites for hydroxylation is 2. The molecule has 2 aromatic rings. The Kier molecular flexibility index (Phi) is 3.38. The van der Waals surface area contributed by atoms with E-state index in [4.69, 9.17) is 5.11 Å². The number of nitrogens with zero attached hydrogens (tertiary/aromatic N) is 4. The number of carboxylic acids is 1. The van der Waals surface area contributed by atoms with Gasteiger partial charge in [-0.3, -0.25) is 4.79 Å². The van der Waals surface area contributed by atoms with Crippen molar-refractivity contribution in [1.82, 2.24) is 15.3 Å². The summed E-state index contributed by atoms with van der Waals surface area (Å²) in [5, 5.41) is 22.4. The lowest BCUT2D eigenvalue weighted by Gasteiger charge is -1.93. The van der Waals surface area contributed by atoms with E-state index in [-0.39, 0.29) is 6.42 Å².